The topological polar surface area (TPSA) is 55.8 Å². The van der Waals surface area contributed by atoms with E-state index >= 15 is 0 Å². The van der Waals surface area contributed by atoms with Gasteiger partial charge >= 0.3 is 5.97 Å². The number of para-hydroxylation sites is 2. The van der Waals surface area contributed by atoms with Gasteiger partial charge < -0.3 is 14.4 Å². The van der Waals surface area contributed by atoms with Gasteiger partial charge in [-0.25, -0.2) is 4.39 Å². The van der Waals surface area contributed by atoms with Crippen molar-refractivity contribution in [1.29, 1.82) is 0 Å². The van der Waals surface area contributed by atoms with Crippen LogP contribution in [-0.4, -0.2) is 30.4 Å². The van der Waals surface area contributed by atoms with Crippen LogP contribution in [0.1, 0.15) is 22.6 Å². The molecule has 1 amide bonds. The molecule has 0 unspecified atom stereocenters. The van der Waals surface area contributed by atoms with Crippen molar-refractivity contribution in [3.63, 3.8) is 0 Å². The fourth-order valence-corrected chi connectivity index (χ4v) is 3.44. The maximum Gasteiger partial charge on any atom is 0.318 e. The molecule has 1 aliphatic rings. The zero-order valence-electron chi connectivity index (χ0n) is 16.4. The molecule has 1 aliphatic heterocycles. The van der Waals surface area contributed by atoms with Crippen molar-refractivity contribution in [2.45, 2.75) is 12.5 Å². The van der Waals surface area contributed by atoms with Crippen LogP contribution in [0.3, 0.4) is 0 Å². The molecule has 1 heterocycles. The molecule has 0 aromatic heterocycles. The van der Waals surface area contributed by atoms with Crippen LogP contribution in [0.25, 0.3) is 0 Å². The summed E-state index contributed by atoms with van der Waals surface area (Å²) in [5.41, 5.74) is 2.19. The van der Waals surface area contributed by atoms with Crippen molar-refractivity contribution in [2.24, 2.45) is 0 Å². The lowest BCUT2D eigenvalue weighted by atomic mass is 9.88. The second kappa shape index (κ2) is 8.37. The van der Waals surface area contributed by atoms with Gasteiger partial charge in [-0.15, -0.1) is 0 Å². The Morgan fingerprint density at radius 3 is 2.10 bits per heavy atom. The van der Waals surface area contributed by atoms with Crippen LogP contribution in [-0.2, 0) is 20.9 Å². The molecule has 4 rings (SSSR count). The number of halogens is 1. The molecule has 0 radical (unpaired) electrons. The fraction of sp³-hybridized carbons (Fsp3) is 0.167. The standard InChI is InChI=1S/C24H20FNO4/c1-26(14-16-10-12-17(25)13-11-16)22(27)15-29-24(28)23-18-6-2-4-8-20(18)30-21-9-5-3-7-19(21)23/h2-13,23H,14-15H2,1H3. The first-order valence-corrected chi connectivity index (χ1v) is 9.53. The van der Waals surface area contributed by atoms with E-state index in [0.717, 1.165) is 5.56 Å². The molecule has 30 heavy (non-hydrogen) atoms. The maximum absolute atomic E-state index is 13.0. The molecule has 3 aromatic rings. The summed E-state index contributed by atoms with van der Waals surface area (Å²) in [6, 6.07) is 20.5. The monoisotopic (exact) mass is 405 g/mol. The number of hydrogen-bond donors (Lipinski definition) is 0. The average Bonchev–Trinajstić information content (AvgIpc) is 2.77. The third-order valence-corrected chi connectivity index (χ3v) is 5.01. The highest BCUT2D eigenvalue weighted by molar-refractivity contribution is 5.87. The van der Waals surface area contributed by atoms with Crippen LogP contribution < -0.4 is 4.74 Å². The third kappa shape index (κ3) is 4.03. The predicted molar refractivity (Wildman–Crippen MR) is 109 cm³/mol. The molecule has 0 bridgehead atoms. The molecule has 6 heteroatoms. The van der Waals surface area contributed by atoms with Crippen molar-refractivity contribution in [2.75, 3.05) is 13.7 Å². The number of nitrogens with zero attached hydrogens (tertiary/aromatic N) is 1. The van der Waals surface area contributed by atoms with Gasteiger partial charge in [-0.3, -0.25) is 9.59 Å². The molecule has 0 atom stereocenters. The number of esters is 1. The Hall–Kier alpha value is -3.67. The highest BCUT2D eigenvalue weighted by Crippen LogP contribution is 2.44. The summed E-state index contributed by atoms with van der Waals surface area (Å²) < 4.78 is 24.3. The summed E-state index contributed by atoms with van der Waals surface area (Å²) in [7, 11) is 1.61. The van der Waals surface area contributed by atoms with Crippen molar-refractivity contribution in [3.8, 4) is 11.5 Å². The summed E-state index contributed by atoms with van der Waals surface area (Å²) in [6.07, 6.45) is 0. The van der Waals surface area contributed by atoms with Crippen molar-refractivity contribution < 1.29 is 23.5 Å². The summed E-state index contributed by atoms with van der Waals surface area (Å²) in [5, 5.41) is 0. The molecule has 152 valence electrons. The Morgan fingerprint density at radius 2 is 1.50 bits per heavy atom. The van der Waals surface area contributed by atoms with Crippen LogP contribution in [0.2, 0.25) is 0 Å². The van der Waals surface area contributed by atoms with Gasteiger partial charge in [-0.1, -0.05) is 48.5 Å². The Labute approximate surface area is 173 Å². The number of carbonyl (C=O) groups excluding carboxylic acids is 2. The van der Waals surface area contributed by atoms with Gasteiger partial charge in [-0.2, -0.15) is 0 Å². The van der Waals surface area contributed by atoms with Gasteiger partial charge in [0, 0.05) is 24.7 Å². The van der Waals surface area contributed by atoms with Crippen molar-refractivity contribution in [3.05, 3.63) is 95.3 Å². The summed E-state index contributed by atoms with van der Waals surface area (Å²) in [5.74, 6) is -0.668. The van der Waals surface area contributed by atoms with Gasteiger partial charge in [-0.05, 0) is 29.8 Å². The molecule has 0 spiro atoms. The van der Waals surface area contributed by atoms with E-state index in [2.05, 4.69) is 0 Å². The summed E-state index contributed by atoms with van der Waals surface area (Å²) in [6.45, 7) is -0.0855. The molecule has 0 saturated carbocycles. The van der Waals surface area contributed by atoms with E-state index in [0.29, 0.717) is 29.2 Å². The first kappa shape index (κ1) is 19.6. The number of amides is 1. The van der Waals surface area contributed by atoms with E-state index in [-0.39, 0.29) is 18.3 Å². The smallest absolute Gasteiger partial charge is 0.318 e. The minimum Gasteiger partial charge on any atom is -0.457 e. The van der Waals surface area contributed by atoms with Gasteiger partial charge in [0.05, 0.1) is 0 Å². The second-order valence-electron chi connectivity index (χ2n) is 7.09. The molecule has 0 fully saturated rings. The van der Waals surface area contributed by atoms with E-state index in [4.69, 9.17) is 9.47 Å². The highest BCUT2D eigenvalue weighted by Gasteiger charge is 2.34. The number of rotatable bonds is 5. The van der Waals surface area contributed by atoms with Crippen LogP contribution in [0.15, 0.2) is 72.8 Å². The largest absolute Gasteiger partial charge is 0.457 e. The summed E-state index contributed by atoms with van der Waals surface area (Å²) >= 11 is 0. The number of fused-ring (bicyclic) bond motifs is 2. The van der Waals surface area contributed by atoms with Crippen LogP contribution >= 0.6 is 0 Å². The number of likely N-dealkylation sites (N-methyl/N-ethyl adjacent to an activating group) is 1. The number of ether oxygens (including phenoxy) is 2. The van der Waals surface area contributed by atoms with Gasteiger partial charge in [0.1, 0.15) is 23.2 Å². The number of hydrogen-bond acceptors (Lipinski definition) is 4. The van der Waals surface area contributed by atoms with Crippen molar-refractivity contribution in [1.82, 2.24) is 4.90 Å². The molecule has 0 N–H and O–H groups in total. The van der Waals surface area contributed by atoms with E-state index in [9.17, 15) is 14.0 Å². The minimum absolute atomic E-state index is 0.291. The fourth-order valence-electron chi connectivity index (χ4n) is 3.44. The molecule has 3 aromatic carbocycles. The first-order valence-electron chi connectivity index (χ1n) is 9.53. The Kier molecular flexibility index (Phi) is 5.48. The quantitative estimate of drug-likeness (QED) is 0.595. The molecule has 0 saturated heterocycles. The van der Waals surface area contributed by atoms with Gasteiger partial charge in [0.2, 0.25) is 0 Å². The van der Waals surface area contributed by atoms with Crippen LogP contribution in [0.5, 0.6) is 11.5 Å². The Morgan fingerprint density at radius 1 is 0.933 bits per heavy atom. The van der Waals surface area contributed by atoms with E-state index in [1.165, 1.54) is 17.0 Å². The minimum atomic E-state index is -0.665. The molecule has 0 aliphatic carbocycles. The number of benzene rings is 3. The Balaban J connectivity index is 1.45. The second-order valence-corrected chi connectivity index (χ2v) is 7.09. The maximum atomic E-state index is 13.0. The van der Waals surface area contributed by atoms with Gasteiger partial charge in [0.15, 0.2) is 6.61 Å². The molecule has 5 nitrogen and oxygen atoms in total. The lowest BCUT2D eigenvalue weighted by molar-refractivity contribution is -0.152. The van der Waals surface area contributed by atoms with Crippen LogP contribution in [0, 0.1) is 5.82 Å². The normalized spacial score (nSPS) is 12.3. The zero-order valence-corrected chi connectivity index (χ0v) is 16.4. The third-order valence-electron chi connectivity index (χ3n) is 5.01. The molecular formula is C24H20FNO4. The SMILES string of the molecule is CN(Cc1ccc(F)cc1)C(=O)COC(=O)C1c2ccccc2Oc2ccccc21. The lowest BCUT2D eigenvalue weighted by Crippen LogP contribution is -2.32. The molecular weight excluding hydrogens is 385 g/mol. The average molecular weight is 405 g/mol. The highest BCUT2D eigenvalue weighted by atomic mass is 19.1. The Bertz CT molecular complexity index is 1040. The number of carbonyl (C=O) groups is 2. The van der Waals surface area contributed by atoms with Crippen LogP contribution in [0.4, 0.5) is 4.39 Å². The van der Waals surface area contributed by atoms with E-state index in [1.807, 2.05) is 36.4 Å². The first-order chi connectivity index (χ1) is 14.5. The predicted octanol–water partition coefficient (Wildman–Crippen LogP) is 4.27. The van der Waals surface area contributed by atoms with E-state index in [1.54, 1.807) is 31.3 Å². The van der Waals surface area contributed by atoms with Crippen molar-refractivity contribution >= 4 is 11.9 Å². The lowest BCUT2D eigenvalue weighted by Gasteiger charge is -2.27. The zero-order chi connectivity index (χ0) is 21.1. The van der Waals surface area contributed by atoms with Gasteiger partial charge in [0.25, 0.3) is 5.91 Å². The summed E-state index contributed by atoms with van der Waals surface area (Å²) in [4.78, 5) is 26.8. The van der Waals surface area contributed by atoms with E-state index < -0.39 is 11.9 Å².